The number of nitrogens with two attached hydrogens (primary N) is 1. The summed E-state index contributed by atoms with van der Waals surface area (Å²) in [4.78, 5) is 10.6. The van der Waals surface area contributed by atoms with Crippen molar-refractivity contribution in [3.8, 4) is 5.75 Å². The number of carbonyl (C=O) groups is 1. The highest BCUT2D eigenvalue weighted by Crippen LogP contribution is 2.22. The molecule has 0 aliphatic rings. The molecule has 0 bridgehead atoms. The third kappa shape index (κ3) is 2.39. The maximum absolute atomic E-state index is 10.6. The molecular weight excluding hydrogens is 182 g/mol. The minimum Gasteiger partial charge on any atom is -0.491 e. The summed E-state index contributed by atoms with van der Waals surface area (Å²) in [5, 5.41) is 8.68. The Hall–Kier alpha value is -1.71. The van der Waals surface area contributed by atoms with Crippen LogP contribution >= 0.6 is 0 Å². The van der Waals surface area contributed by atoms with E-state index < -0.39 is 5.97 Å². The summed E-state index contributed by atoms with van der Waals surface area (Å²) < 4.78 is 5.30. The van der Waals surface area contributed by atoms with Crippen LogP contribution in [0.3, 0.4) is 0 Å². The molecule has 0 aromatic heterocycles. The van der Waals surface area contributed by atoms with Crippen molar-refractivity contribution in [1.29, 1.82) is 0 Å². The molecule has 1 aromatic rings. The first-order valence-electron chi connectivity index (χ1n) is 4.40. The quantitative estimate of drug-likeness (QED) is 0.718. The van der Waals surface area contributed by atoms with E-state index in [1.165, 1.54) is 12.1 Å². The highest BCUT2D eigenvalue weighted by atomic mass is 16.5. The highest BCUT2D eigenvalue weighted by molar-refractivity contribution is 5.89. The van der Waals surface area contributed by atoms with Crippen LogP contribution in [0, 0.1) is 0 Å². The maximum Gasteiger partial charge on any atom is 0.335 e. The molecule has 0 aliphatic carbocycles. The molecule has 1 rings (SSSR count). The van der Waals surface area contributed by atoms with Gasteiger partial charge in [0.05, 0.1) is 17.9 Å². The van der Waals surface area contributed by atoms with Gasteiger partial charge in [-0.3, -0.25) is 0 Å². The lowest BCUT2D eigenvalue weighted by Gasteiger charge is -2.07. The molecule has 3 N–H and O–H groups in total. The summed E-state index contributed by atoms with van der Waals surface area (Å²) in [6.45, 7) is 2.57. The first kappa shape index (κ1) is 10.4. The van der Waals surface area contributed by atoms with E-state index in [-0.39, 0.29) is 5.56 Å². The number of hydrogen-bond donors (Lipinski definition) is 2. The largest absolute Gasteiger partial charge is 0.491 e. The molecule has 0 amide bonds. The second-order valence-electron chi connectivity index (χ2n) is 2.91. The van der Waals surface area contributed by atoms with Crippen molar-refractivity contribution in [1.82, 2.24) is 0 Å². The average Bonchev–Trinajstić information content (AvgIpc) is 2.15. The molecule has 0 fully saturated rings. The van der Waals surface area contributed by atoms with E-state index in [0.717, 1.165) is 6.42 Å². The van der Waals surface area contributed by atoms with Crippen LogP contribution < -0.4 is 10.5 Å². The molecule has 14 heavy (non-hydrogen) atoms. The van der Waals surface area contributed by atoms with Crippen molar-refractivity contribution < 1.29 is 14.6 Å². The van der Waals surface area contributed by atoms with E-state index in [1.807, 2.05) is 6.92 Å². The predicted molar refractivity (Wildman–Crippen MR) is 53.6 cm³/mol. The van der Waals surface area contributed by atoms with Crippen molar-refractivity contribution in [3.63, 3.8) is 0 Å². The first-order valence-corrected chi connectivity index (χ1v) is 4.40. The topological polar surface area (TPSA) is 72.5 Å². The Balaban J connectivity index is 2.84. The number of nitrogen functional groups attached to an aromatic ring is 1. The van der Waals surface area contributed by atoms with Gasteiger partial charge in [-0.2, -0.15) is 0 Å². The van der Waals surface area contributed by atoms with Crippen LogP contribution in [0.2, 0.25) is 0 Å². The van der Waals surface area contributed by atoms with Gasteiger partial charge in [0.15, 0.2) is 0 Å². The van der Waals surface area contributed by atoms with Gasteiger partial charge in [-0.15, -0.1) is 0 Å². The van der Waals surface area contributed by atoms with Crippen LogP contribution in [0.5, 0.6) is 5.75 Å². The van der Waals surface area contributed by atoms with E-state index in [4.69, 9.17) is 15.6 Å². The summed E-state index contributed by atoms with van der Waals surface area (Å²) in [5.41, 5.74) is 6.14. The third-order valence-electron chi connectivity index (χ3n) is 1.72. The highest BCUT2D eigenvalue weighted by Gasteiger charge is 2.06. The summed E-state index contributed by atoms with van der Waals surface area (Å²) in [5.74, 6) is -0.449. The molecular formula is C10H13NO3. The molecule has 1 aromatic carbocycles. The number of aromatic carboxylic acids is 1. The van der Waals surface area contributed by atoms with Crippen molar-refractivity contribution in [2.24, 2.45) is 0 Å². The first-order chi connectivity index (χ1) is 6.65. The minimum atomic E-state index is -0.987. The fourth-order valence-corrected chi connectivity index (χ4v) is 1.02. The number of anilines is 1. The van der Waals surface area contributed by atoms with Gasteiger partial charge < -0.3 is 15.6 Å². The van der Waals surface area contributed by atoms with Crippen LogP contribution in [-0.4, -0.2) is 17.7 Å². The lowest BCUT2D eigenvalue weighted by atomic mass is 10.2. The summed E-state index contributed by atoms with van der Waals surface area (Å²) in [6, 6.07) is 4.45. The number of carboxylic acids is 1. The smallest absolute Gasteiger partial charge is 0.335 e. The molecule has 0 spiro atoms. The van der Waals surface area contributed by atoms with Crippen LogP contribution in [-0.2, 0) is 0 Å². The molecule has 4 heteroatoms. The zero-order valence-corrected chi connectivity index (χ0v) is 7.99. The predicted octanol–water partition coefficient (Wildman–Crippen LogP) is 1.76. The Labute approximate surface area is 82.3 Å². The van der Waals surface area contributed by atoms with Crippen LogP contribution in [0.4, 0.5) is 5.69 Å². The Morgan fingerprint density at radius 3 is 2.79 bits per heavy atom. The number of ether oxygens (including phenoxy) is 1. The van der Waals surface area contributed by atoms with Crippen molar-refractivity contribution in [3.05, 3.63) is 23.8 Å². The van der Waals surface area contributed by atoms with Crippen LogP contribution in [0.25, 0.3) is 0 Å². The normalized spacial score (nSPS) is 9.79. The zero-order chi connectivity index (χ0) is 10.6. The Bertz CT molecular complexity index is 336. The van der Waals surface area contributed by atoms with Crippen molar-refractivity contribution in [2.45, 2.75) is 13.3 Å². The third-order valence-corrected chi connectivity index (χ3v) is 1.72. The summed E-state index contributed by atoms with van der Waals surface area (Å²) in [6.07, 6.45) is 0.889. The summed E-state index contributed by atoms with van der Waals surface area (Å²) >= 11 is 0. The SMILES string of the molecule is CCCOc1ccc(C(=O)O)cc1N. The van der Waals surface area contributed by atoms with Gasteiger partial charge in [0.1, 0.15) is 5.75 Å². The molecule has 0 saturated heterocycles. The minimum absolute atomic E-state index is 0.173. The molecule has 0 atom stereocenters. The van der Waals surface area contributed by atoms with E-state index in [9.17, 15) is 4.79 Å². The molecule has 0 unspecified atom stereocenters. The van der Waals surface area contributed by atoms with Crippen molar-refractivity contribution >= 4 is 11.7 Å². The number of hydrogen-bond acceptors (Lipinski definition) is 3. The van der Waals surface area contributed by atoms with Gasteiger partial charge in [-0.05, 0) is 24.6 Å². The van der Waals surface area contributed by atoms with Crippen LogP contribution in [0.15, 0.2) is 18.2 Å². The van der Waals surface area contributed by atoms with Crippen molar-refractivity contribution in [2.75, 3.05) is 12.3 Å². The van der Waals surface area contributed by atoms with Gasteiger partial charge in [-0.1, -0.05) is 6.92 Å². The lowest BCUT2D eigenvalue weighted by molar-refractivity contribution is 0.0697. The second kappa shape index (κ2) is 4.50. The Morgan fingerprint density at radius 1 is 1.57 bits per heavy atom. The van der Waals surface area contributed by atoms with E-state index in [2.05, 4.69) is 0 Å². The standard InChI is InChI=1S/C10H13NO3/c1-2-5-14-9-4-3-7(10(12)13)6-8(9)11/h3-4,6H,2,5,11H2,1H3,(H,12,13). The maximum atomic E-state index is 10.6. The average molecular weight is 195 g/mol. The molecule has 0 saturated carbocycles. The van der Waals surface area contributed by atoms with Gasteiger partial charge in [-0.25, -0.2) is 4.79 Å². The Kier molecular flexibility index (Phi) is 3.34. The number of benzene rings is 1. The van der Waals surface area contributed by atoms with E-state index in [1.54, 1.807) is 6.07 Å². The Morgan fingerprint density at radius 2 is 2.29 bits per heavy atom. The molecule has 4 nitrogen and oxygen atoms in total. The second-order valence-corrected chi connectivity index (χ2v) is 2.91. The van der Waals surface area contributed by atoms with Gasteiger partial charge in [0, 0.05) is 0 Å². The van der Waals surface area contributed by atoms with Crippen LogP contribution in [0.1, 0.15) is 23.7 Å². The number of carboxylic acid groups (broad SMARTS) is 1. The fraction of sp³-hybridized carbons (Fsp3) is 0.300. The monoisotopic (exact) mass is 195 g/mol. The molecule has 0 radical (unpaired) electrons. The van der Waals surface area contributed by atoms with Gasteiger partial charge in [0.25, 0.3) is 0 Å². The number of rotatable bonds is 4. The lowest BCUT2D eigenvalue weighted by Crippen LogP contribution is -2.02. The molecule has 76 valence electrons. The molecule has 0 heterocycles. The summed E-state index contributed by atoms with van der Waals surface area (Å²) in [7, 11) is 0. The van der Waals surface area contributed by atoms with E-state index in [0.29, 0.717) is 18.0 Å². The van der Waals surface area contributed by atoms with Gasteiger partial charge in [0.2, 0.25) is 0 Å². The molecule has 0 aliphatic heterocycles. The van der Waals surface area contributed by atoms with E-state index >= 15 is 0 Å². The fourth-order valence-electron chi connectivity index (χ4n) is 1.02. The zero-order valence-electron chi connectivity index (χ0n) is 7.99. The van der Waals surface area contributed by atoms with Gasteiger partial charge >= 0.3 is 5.97 Å².